The van der Waals surface area contributed by atoms with E-state index in [1.807, 2.05) is 0 Å². The van der Waals surface area contributed by atoms with Gasteiger partial charge in [-0.25, -0.2) is 0 Å². The SMILES string of the molecule is O.OB(O)O.OB(O)O.[Ni].[Ni].[Ni]. The summed E-state index contributed by atoms with van der Waals surface area (Å²) in [6.45, 7) is 0. The molecule has 12 heteroatoms. The zero-order valence-corrected chi connectivity index (χ0v) is 8.25. The molecule has 0 rings (SSSR count). The van der Waals surface area contributed by atoms with Crippen LogP contribution >= 0.6 is 0 Å². The Kier molecular flexibility index (Phi) is 92.6. The number of hydrogen-bond donors (Lipinski definition) is 6. The maximum atomic E-state index is 7.17. The molecule has 7 nitrogen and oxygen atoms in total. The summed E-state index contributed by atoms with van der Waals surface area (Å²) in [7, 11) is -4.33. The van der Waals surface area contributed by atoms with Gasteiger partial charge >= 0.3 is 14.6 Å². The molecule has 0 atom stereocenters. The van der Waals surface area contributed by atoms with Crippen molar-refractivity contribution in [2.45, 2.75) is 0 Å². The average Bonchev–Trinajstić information content (AvgIpc) is 1.25. The van der Waals surface area contributed by atoms with E-state index < -0.39 is 14.6 Å². The fourth-order valence-electron chi connectivity index (χ4n) is 0. The largest absolute Gasteiger partial charge is 0.631 e. The summed E-state index contributed by atoms with van der Waals surface area (Å²) in [6.07, 6.45) is 0. The van der Waals surface area contributed by atoms with Crippen LogP contribution in [0.15, 0.2) is 0 Å². The Morgan fingerprint density at radius 2 is 0.500 bits per heavy atom. The van der Waals surface area contributed by atoms with E-state index in [4.69, 9.17) is 30.1 Å². The summed E-state index contributed by atoms with van der Waals surface area (Å²) in [5.74, 6) is 0. The Hall–Kier alpha value is 1.33. The van der Waals surface area contributed by atoms with Crippen molar-refractivity contribution in [2.24, 2.45) is 0 Å². The van der Waals surface area contributed by atoms with Crippen molar-refractivity contribution in [2.75, 3.05) is 0 Å². The van der Waals surface area contributed by atoms with E-state index in [-0.39, 0.29) is 55.0 Å². The van der Waals surface area contributed by atoms with Crippen molar-refractivity contribution < 1.29 is 85.1 Å². The summed E-state index contributed by atoms with van der Waals surface area (Å²) < 4.78 is 0. The molecular formula is H8B2Ni3O7. The normalized spacial score (nSPS) is 4.50. The third kappa shape index (κ3) is 683. The van der Waals surface area contributed by atoms with Gasteiger partial charge in [-0.1, -0.05) is 0 Å². The summed E-state index contributed by atoms with van der Waals surface area (Å²) in [6, 6.07) is 0. The van der Waals surface area contributed by atoms with Crippen LogP contribution in [0.25, 0.3) is 0 Å². The van der Waals surface area contributed by atoms with Crippen LogP contribution in [0.1, 0.15) is 0 Å². The van der Waals surface area contributed by atoms with Crippen LogP contribution in [-0.4, -0.2) is 50.3 Å². The van der Waals surface area contributed by atoms with Crippen LogP contribution in [0.2, 0.25) is 0 Å². The van der Waals surface area contributed by atoms with Gasteiger partial charge in [0, 0.05) is 49.5 Å². The Morgan fingerprint density at radius 1 is 0.500 bits per heavy atom. The van der Waals surface area contributed by atoms with Crippen LogP contribution in [0.4, 0.5) is 0 Å². The molecule has 0 heterocycles. The maximum Gasteiger partial charge on any atom is 0.631 e. The molecule has 0 aromatic carbocycles. The third-order valence-electron chi connectivity index (χ3n) is 0. The molecule has 86 valence electrons. The van der Waals surface area contributed by atoms with Crippen molar-refractivity contribution in [1.29, 1.82) is 0 Å². The summed E-state index contributed by atoms with van der Waals surface area (Å²) in [5, 5.41) is 43.0. The van der Waals surface area contributed by atoms with Crippen LogP contribution in [-0.2, 0) is 49.5 Å². The molecular weight excluding hydrogens is 310 g/mol. The second-order valence-corrected chi connectivity index (χ2v) is 0.693. The third-order valence-corrected chi connectivity index (χ3v) is 0. The minimum atomic E-state index is -2.17. The van der Waals surface area contributed by atoms with E-state index in [0.29, 0.717) is 0 Å². The van der Waals surface area contributed by atoms with Crippen LogP contribution in [0.5, 0.6) is 0 Å². The average molecular weight is 318 g/mol. The van der Waals surface area contributed by atoms with Crippen molar-refractivity contribution in [3.63, 3.8) is 0 Å². The molecule has 0 aromatic heterocycles. The molecule has 12 heavy (non-hydrogen) atoms. The monoisotopic (exact) mass is 316 g/mol. The fourth-order valence-corrected chi connectivity index (χ4v) is 0. The molecule has 0 aliphatic rings. The molecule has 8 N–H and O–H groups in total. The first kappa shape index (κ1) is 37.7. The molecule has 0 aromatic rings. The molecule has 0 aliphatic carbocycles. The van der Waals surface area contributed by atoms with Gasteiger partial charge in [0.25, 0.3) is 0 Å². The van der Waals surface area contributed by atoms with E-state index in [1.54, 1.807) is 0 Å². The quantitative estimate of drug-likeness (QED) is 0.246. The van der Waals surface area contributed by atoms with Gasteiger partial charge in [-0.2, -0.15) is 0 Å². The second-order valence-electron chi connectivity index (χ2n) is 0.693. The molecule has 0 aliphatic heterocycles. The number of hydrogen-bond acceptors (Lipinski definition) is 6. The molecule has 0 spiro atoms. The van der Waals surface area contributed by atoms with Gasteiger partial charge in [0.2, 0.25) is 0 Å². The topological polar surface area (TPSA) is 153 Å². The fraction of sp³-hybridized carbons (Fsp3) is 0. The zero-order valence-electron chi connectivity index (χ0n) is 5.29. The number of rotatable bonds is 0. The van der Waals surface area contributed by atoms with Crippen molar-refractivity contribution in [1.82, 2.24) is 0 Å². The summed E-state index contributed by atoms with van der Waals surface area (Å²) in [4.78, 5) is 0. The summed E-state index contributed by atoms with van der Waals surface area (Å²) in [5.41, 5.74) is 0. The smallest absolute Gasteiger partial charge is 0.412 e. The van der Waals surface area contributed by atoms with Gasteiger partial charge in [0.1, 0.15) is 0 Å². The first-order chi connectivity index (χ1) is 3.46. The van der Waals surface area contributed by atoms with Crippen LogP contribution < -0.4 is 0 Å². The molecule has 0 saturated heterocycles. The zero-order chi connectivity index (χ0) is 7.15. The predicted molar refractivity (Wildman–Crippen MR) is 28.4 cm³/mol. The summed E-state index contributed by atoms with van der Waals surface area (Å²) >= 11 is 0. The predicted octanol–water partition coefficient (Wildman–Crippen LogP) is -4.94. The molecule has 0 unspecified atom stereocenters. The molecule has 0 radical (unpaired) electrons. The van der Waals surface area contributed by atoms with Gasteiger partial charge in [0.05, 0.1) is 0 Å². The Labute approximate surface area is 99.6 Å². The van der Waals surface area contributed by atoms with E-state index in [2.05, 4.69) is 0 Å². The van der Waals surface area contributed by atoms with E-state index in [0.717, 1.165) is 0 Å². The first-order valence-electron chi connectivity index (χ1n) is 1.55. The van der Waals surface area contributed by atoms with E-state index in [1.165, 1.54) is 0 Å². The standard InChI is InChI=1S/2BH3O3.3Ni.H2O/c2*2-1(3)4;;;;/h2*2-4H;;;;1H2. The van der Waals surface area contributed by atoms with Crippen molar-refractivity contribution in [3.05, 3.63) is 0 Å². The maximum absolute atomic E-state index is 7.17. The Morgan fingerprint density at radius 3 is 0.500 bits per heavy atom. The second kappa shape index (κ2) is 29.5. The molecule has 0 saturated carbocycles. The van der Waals surface area contributed by atoms with Gasteiger partial charge in [0.15, 0.2) is 0 Å². The molecule has 0 bridgehead atoms. The van der Waals surface area contributed by atoms with Crippen LogP contribution in [0, 0.1) is 0 Å². The van der Waals surface area contributed by atoms with Crippen molar-refractivity contribution >= 4 is 14.6 Å². The van der Waals surface area contributed by atoms with Crippen LogP contribution in [0.3, 0.4) is 0 Å². The Balaban J connectivity index is -0.0000000112. The first-order valence-corrected chi connectivity index (χ1v) is 1.55. The minimum absolute atomic E-state index is 0. The van der Waals surface area contributed by atoms with Crippen molar-refractivity contribution in [3.8, 4) is 0 Å². The van der Waals surface area contributed by atoms with E-state index in [9.17, 15) is 0 Å². The Bertz CT molecular complexity index is 32.1. The van der Waals surface area contributed by atoms with Gasteiger partial charge in [-0.3, -0.25) is 0 Å². The van der Waals surface area contributed by atoms with Gasteiger partial charge in [-0.15, -0.1) is 0 Å². The molecule has 0 amide bonds. The van der Waals surface area contributed by atoms with E-state index >= 15 is 0 Å². The van der Waals surface area contributed by atoms with Gasteiger partial charge < -0.3 is 35.6 Å². The van der Waals surface area contributed by atoms with Gasteiger partial charge in [-0.05, 0) is 0 Å². The minimum Gasteiger partial charge on any atom is -0.412 e. The molecule has 0 fully saturated rings.